The molecule has 2 heterocycles. The Morgan fingerprint density at radius 2 is 2.36 bits per heavy atom. The molecule has 2 aromatic heterocycles. The Bertz CT molecular complexity index is 419. The predicted octanol–water partition coefficient (Wildman–Crippen LogP) is 0.941. The van der Waals surface area contributed by atoms with Crippen LogP contribution in [-0.2, 0) is 13.6 Å². The van der Waals surface area contributed by atoms with Crippen molar-refractivity contribution >= 4 is 0 Å². The van der Waals surface area contributed by atoms with Crippen molar-refractivity contribution in [3.8, 4) is 11.3 Å². The van der Waals surface area contributed by atoms with Crippen LogP contribution in [-0.4, -0.2) is 14.5 Å². The van der Waals surface area contributed by atoms with Gasteiger partial charge in [0.05, 0.1) is 12.2 Å². The Morgan fingerprint density at radius 3 is 2.93 bits per heavy atom. The molecule has 0 aromatic carbocycles. The molecule has 0 spiro atoms. The van der Waals surface area contributed by atoms with Gasteiger partial charge in [-0.3, -0.25) is 4.98 Å². The van der Waals surface area contributed by atoms with Crippen molar-refractivity contribution in [2.75, 3.05) is 0 Å². The number of aromatic nitrogens is 3. The molecule has 0 amide bonds. The Kier molecular flexibility index (Phi) is 2.28. The zero-order chi connectivity index (χ0) is 9.97. The highest BCUT2D eigenvalue weighted by Crippen LogP contribution is 2.16. The van der Waals surface area contributed by atoms with Crippen LogP contribution in [0.15, 0.2) is 30.7 Å². The topological polar surface area (TPSA) is 56.7 Å². The highest BCUT2D eigenvalue weighted by molar-refractivity contribution is 5.56. The quantitative estimate of drug-likeness (QED) is 0.763. The molecule has 0 aliphatic rings. The molecule has 14 heavy (non-hydrogen) atoms. The normalized spacial score (nSPS) is 10.4. The maximum absolute atomic E-state index is 5.54. The van der Waals surface area contributed by atoms with Gasteiger partial charge in [0.15, 0.2) is 0 Å². The highest BCUT2D eigenvalue weighted by Gasteiger charge is 2.04. The SMILES string of the molecule is Cn1cc(-c2cccnc2)nc1CN. The zero-order valence-corrected chi connectivity index (χ0v) is 8.01. The number of imidazole rings is 1. The Hall–Kier alpha value is -1.68. The van der Waals surface area contributed by atoms with E-state index in [0.717, 1.165) is 17.1 Å². The lowest BCUT2D eigenvalue weighted by Crippen LogP contribution is -2.03. The maximum Gasteiger partial charge on any atom is 0.122 e. The van der Waals surface area contributed by atoms with Crippen LogP contribution >= 0.6 is 0 Å². The van der Waals surface area contributed by atoms with Gasteiger partial charge >= 0.3 is 0 Å². The molecule has 2 N–H and O–H groups in total. The summed E-state index contributed by atoms with van der Waals surface area (Å²) in [7, 11) is 1.94. The van der Waals surface area contributed by atoms with E-state index < -0.39 is 0 Å². The summed E-state index contributed by atoms with van der Waals surface area (Å²) < 4.78 is 1.93. The van der Waals surface area contributed by atoms with E-state index in [1.54, 1.807) is 12.4 Å². The molecular formula is C10H12N4. The van der Waals surface area contributed by atoms with E-state index in [-0.39, 0.29) is 0 Å². The third-order valence-electron chi connectivity index (χ3n) is 2.11. The number of rotatable bonds is 2. The van der Waals surface area contributed by atoms with Gasteiger partial charge in [-0.25, -0.2) is 4.98 Å². The van der Waals surface area contributed by atoms with Crippen LogP contribution in [0, 0.1) is 0 Å². The molecule has 0 aliphatic heterocycles. The first-order chi connectivity index (χ1) is 6.81. The zero-order valence-electron chi connectivity index (χ0n) is 8.01. The van der Waals surface area contributed by atoms with Crippen LogP contribution in [0.1, 0.15) is 5.82 Å². The summed E-state index contributed by atoms with van der Waals surface area (Å²) in [5.41, 5.74) is 7.48. The number of hydrogen-bond acceptors (Lipinski definition) is 3. The van der Waals surface area contributed by atoms with Gasteiger partial charge in [-0.15, -0.1) is 0 Å². The van der Waals surface area contributed by atoms with Crippen molar-refractivity contribution in [1.29, 1.82) is 0 Å². The molecule has 2 aromatic rings. The highest BCUT2D eigenvalue weighted by atomic mass is 15.1. The number of hydrogen-bond donors (Lipinski definition) is 1. The summed E-state index contributed by atoms with van der Waals surface area (Å²) in [5, 5.41) is 0. The summed E-state index contributed by atoms with van der Waals surface area (Å²) >= 11 is 0. The minimum Gasteiger partial charge on any atom is -0.336 e. The first-order valence-electron chi connectivity index (χ1n) is 4.44. The molecule has 0 bridgehead atoms. The largest absolute Gasteiger partial charge is 0.336 e. The lowest BCUT2D eigenvalue weighted by Gasteiger charge is -1.92. The minimum atomic E-state index is 0.455. The molecule has 72 valence electrons. The van der Waals surface area contributed by atoms with Crippen LogP contribution in [0.5, 0.6) is 0 Å². The molecule has 0 saturated carbocycles. The fourth-order valence-electron chi connectivity index (χ4n) is 1.35. The molecule has 0 aliphatic carbocycles. The molecule has 4 heteroatoms. The first kappa shape index (κ1) is 8.90. The van der Waals surface area contributed by atoms with Crippen LogP contribution < -0.4 is 5.73 Å². The van der Waals surface area contributed by atoms with Crippen molar-refractivity contribution in [1.82, 2.24) is 14.5 Å². The van der Waals surface area contributed by atoms with Crippen molar-refractivity contribution in [3.63, 3.8) is 0 Å². The second-order valence-corrected chi connectivity index (χ2v) is 3.10. The molecule has 4 nitrogen and oxygen atoms in total. The Balaban J connectivity index is 2.43. The average molecular weight is 188 g/mol. The van der Waals surface area contributed by atoms with E-state index in [0.29, 0.717) is 6.54 Å². The smallest absolute Gasteiger partial charge is 0.122 e. The molecular weight excluding hydrogens is 176 g/mol. The molecule has 0 radical (unpaired) electrons. The minimum absolute atomic E-state index is 0.455. The lowest BCUT2D eigenvalue weighted by molar-refractivity contribution is 0.794. The van der Waals surface area contributed by atoms with E-state index in [1.807, 2.05) is 29.9 Å². The maximum atomic E-state index is 5.54. The molecule has 0 atom stereocenters. The molecule has 0 saturated heterocycles. The van der Waals surface area contributed by atoms with E-state index in [2.05, 4.69) is 9.97 Å². The fourth-order valence-corrected chi connectivity index (χ4v) is 1.35. The van der Waals surface area contributed by atoms with Crippen LogP contribution in [0.25, 0.3) is 11.3 Å². The number of aryl methyl sites for hydroxylation is 1. The summed E-state index contributed by atoms with van der Waals surface area (Å²) in [6.45, 7) is 0.455. The van der Waals surface area contributed by atoms with E-state index >= 15 is 0 Å². The second kappa shape index (κ2) is 3.59. The third-order valence-corrected chi connectivity index (χ3v) is 2.11. The third kappa shape index (κ3) is 1.52. The molecule has 0 unspecified atom stereocenters. The van der Waals surface area contributed by atoms with Crippen molar-refractivity contribution in [3.05, 3.63) is 36.5 Å². The summed E-state index contributed by atoms with van der Waals surface area (Å²) in [6, 6.07) is 3.88. The van der Waals surface area contributed by atoms with Gasteiger partial charge in [0.25, 0.3) is 0 Å². The van der Waals surface area contributed by atoms with E-state index in [1.165, 1.54) is 0 Å². The van der Waals surface area contributed by atoms with E-state index in [4.69, 9.17) is 5.73 Å². The van der Waals surface area contributed by atoms with Crippen molar-refractivity contribution < 1.29 is 0 Å². The lowest BCUT2D eigenvalue weighted by atomic mass is 10.2. The van der Waals surface area contributed by atoms with Gasteiger partial charge in [0.2, 0.25) is 0 Å². The number of pyridine rings is 1. The summed E-state index contributed by atoms with van der Waals surface area (Å²) in [4.78, 5) is 8.44. The number of nitrogens with zero attached hydrogens (tertiary/aromatic N) is 3. The van der Waals surface area contributed by atoms with Crippen LogP contribution in [0.2, 0.25) is 0 Å². The molecule has 0 fully saturated rings. The van der Waals surface area contributed by atoms with Crippen molar-refractivity contribution in [2.24, 2.45) is 12.8 Å². The monoisotopic (exact) mass is 188 g/mol. The Morgan fingerprint density at radius 1 is 1.50 bits per heavy atom. The molecule has 2 rings (SSSR count). The Labute approximate surface area is 82.4 Å². The number of nitrogens with two attached hydrogens (primary N) is 1. The van der Waals surface area contributed by atoms with Gasteiger partial charge in [-0.2, -0.15) is 0 Å². The predicted molar refractivity (Wildman–Crippen MR) is 54.3 cm³/mol. The average Bonchev–Trinajstić information content (AvgIpc) is 2.61. The van der Waals surface area contributed by atoms with Gasteiger partial charge in [0.1, 0.15) is 5.82 Å². The van der Waals surface area contributed by atoms with E-state index in [9.17, 15) is 0 Å². The fraction of sp³-hybridized carbons (Fsp3) is 0.200. The van der Waals surface area contributed by atoms with Crippen LogP contribution in [0.4, 0.5) is 0 Å². The van der Waals surface area contributed by atoms with Gasteiger partial charge in [-0.05, 0) is 12.1 Å². The van der Waals surface area contributed by atoms with Gasteiger partial charge in [-0.1, -0.05) is 0 Å². The van der Waals surface area contributed by atoms with Gasteiger partial charge in [0, 0.05) is 31.2 Å². The van der Waals surface area contributed by atoms with Crippen LogP contribution in [0.3, 0.4) is 0 Å². The van der Waals surface area contributed by atoms with Gasteiger partial charge < -0.3 is 10.3 Å². The summed E-state index contributed by atoms with van der Waals surface area (Å²) in [5.74, 6) is 0.879. The summed E-state index contributed by atoms with van der Waals surface area (Å²) in [6.07, 6.45) is 5.50. The van der Waals surface area contributed by atoms with Crippen molar-refractivity contribution in [2.45, 2.75) is 6.54 Å². The first-order valence-corrected chi connectivity index (χ1v) is 4.44. The second-order valence-electron chi connectivity index (χ2n) is 3.10. The standard InChI is InChI=1S/C10H12N4/c1-14-7-9(13-10(14)5-11)8-3-2-4-12-6-8/h2-4,6-7H,5,11H2,1H3.